The van der Waals surface area contributed by atoms with E-state index in [-0.39, 0.29) is 17.4 Å². The molecule has 4 nitrogen and oxygen atoms in total. The molecule has 1 aromatic rings. The molecule has 0 radical (unpaired) electrons. The highest BCUT2D eigenvalue weighted by molar-refractivity contribution is 5.88. The maximum Gasteiger partial charge on any atom is 0.243 e. The zero-order valence-corrected chi connectivity index (χ0v) is 14.3. The van der Waals surface area contributed by atoms with Gasteiger partial charge in [0.2, 0.25) is 5.91 Å². The Labute approximate surface area is 133 Å². The van der Waals surface area contributed by atoms with Gasteiger partial charge in [0.05, 0.1) is 6.10 Å². The van der Waals surface area contributed by atoms with E-state index in [1.54, 1.807) is 4.90 Å². The minimum atomic E-state index is -0.841. The molecule has 0 heterocycles. The summed E-state index contributed by atoms with van der Waals surface area (Å²) in [6.45, 7) is 9.30. The van der Waals surface area contributed by atoms with E-state index in [1.165, 1.54) is 5.56 Å². The molecule has 1 aliphatic carbocycles. The lowest BCUT2D eigenvalue weighted by Crippen LogP contribution is -2.75. The van der Waals surface area contributed by atoms with Gasteiger partial charge in [-0.3, -0.25) is 4.79 Å². The highest BCUT2D eigenvalue weighted by Crippen LogP contribution is 2.50. The molecular formula is C18H28N2O2. The summed E-state index contributed by atoms with van der Waals surface area (Å²) < 4.78 is 5.70. The van der Waals surface area contributed by atoms with Crippen LogP contribution in [0.15, 0.2) is 24.3 Å². The Morgan fingerprint density at radius 3 is 2.45 bits per heavy atom. The molecule has 122 valence electrons. The van der Waals surface area contributed by atoms with E-state index in [0.29, 0.717) is 19.6 Å². The van der Waals surface area contributed by atoms with Crippen LogP contribution >= 0.6 is 0 Å². The quantitative estimate of drug-likeness (QED) is 0.909. The summed E-state index contributed by atoms with van der Waals surface area (Å²) in [6, 6.07) is 8.23. The second kappa shape index (κ2) is 6.01. The van der Waals surface area contributed by atoms with Crippen molar-refractivity contribution in [3.63, 3.8) is 0 Å². The van der Waals surface area contributed by atoms with Crippen molar-refractivity contribution in [3.05, 3.63) is 35.4 Å². The predicted octanol–water partition coefficient (Wildman–Crippen LogP) is 2.49. The van der Waals surface area contributed by atoms with E-state index in [9.17, 15) is 4.79 Å². The highest BCUT2D eigenvalue weighted by Gasteiger charge is 2.63. The summed E-state index contributed by atoms with van der Waals surface area (Å²) in [5.41, 5.74) is 7.60. The zero-order valence-electron chi connectivity index (χ0n) is 14.3. The van der Waals surface area contributed by atoms with E-state index >= 15 is 0 Å². The third-order valence-electron chi connectivity index (χ3n) is 5.10. The van der Waals surface area contributed by atoms with Crippen molar-refractivity contribution < 1.29 is 9.53 Å². The molecule has 0 bridgehead atoms. The summed E-state index contributed by atoms with van der Waals surface area (Å²) in [7, 11) is 1.82. The van der Waals surface area contributed by atoms with E-state index in [2.05, 4.69) is 31.2 Å². The summed E-state index contributed by atoms with van der Waals surface area (Å²) in [5.74, 6) is -0.00553. The molecule has 22 heavy (non-hydrogen) atoms. The standard InChI is InChI=1S/C18H28N2O2/c1-6-22-15-11-18(19,17(15,3)4)16(21)20(5)12-14-9-7-13(2)8-10-14/h7-10,15H,6,11-12,19H2,1-5H3. The normalized spacial score (nSPS) is 26.4. The molecule has 2 atom stereocenters. The summed E-state index contributed by atoms with van der Waals surface area (Å²) in [6.07, 6.45) is 0.643. The first-order valence-corrected chi connectivity index (χ1v) is 7.94. The second-order valence-corrected chi connectivity index (χ2v) is 6.99. The van der Waals surface area contributed by atoms with Crippen LogP contribution in [0.25, 0.3) is 0 Å². The average Bonchev–Trinajstić information content (AvgIpc) is 2.48. The van der Waals surface area contributed by atoms with Gasteiger partial charge in [0.15, 0.2) is 0 Å². The molecule has 1 fully saturated rings. The fourth-order valence-electron chi connectivity index (χ4n) is 3.18. The van der Waals surface area contributed by atoms with Gasteiger partial charge in [0.1, 0.15) is 5.54 Å². The number of nitrogens with two attached hydrogens (primary N) is 1. The van der Waals surface area contributed by atoms with Crippen molar-refractivity contribution in [3.8, 4) is 0 Å². The lowest BCUT2D eigenvalue weighted by Gasteiger charge is -2.58. The molecule has 0 spiro atoms. The number of ether oxygens (including phenoxy) is 1. The number of rotatable bonds is 5. The smallest absolute Gasteiger partial charge is 0.243 e. The van der Waals surface area contributed by atoms with Crippen molar-refractivity contribution in [2.24, 2.45) is 11.1 Å². The van der Waals surface area contributed by atoms with Crippen molar-refractivity contribution in [1.29, 1.82) is 0 Å². The number of carbonyl (C=O) groups is 1. The first-order valence-electron chi connectivity index (χ1n) is 7.94. The maximum absolute atomic E-state index is 12.8. The van der Waals surface area contributed by atoms with Gasteiger partial charge >= 0.3 is 0 Å². The average molecular weight is 304 g/mol. The molecular weight excluding hydrogens is 276 g/mol. The van der Waals surface area contributed by atoms with E-state index in [0.717, 1.165) is 5.56 Å². The molecule has 1 saturated carbocycles. The monoisotopic (exact) mass is 304 g/mol. The summed E-state index contributed by atoms with van der Waals surface area (Å²) in [4.78, 5) is 14.6. The minimum absolute atomic E-state index is 0.00553. The fraction of sp³-hybridized carbons (Fsp3) is 0.611. The van der Waals surface area contributed by atoms with Gasteiger partial charge in [-0.2, -0.15) is 0 Å². The zero-order chi connectivity index (χ0) is 16.5. The van der Waals surface area contributed by atoms with Crippen LogP contribution in [-0.4, -0.2) is 36.1 Å². The lowest BCUT2D eigenvalue weighted by molar-refractivity contribution is -0.178. The first kappa shape index (κ1) is 17.0. The van der Waals surface area contributed by atoms with Crippen LogP contribution in [0.5, 0.6) is 0 Å². The van der Waals surface area contributed by atoms with Crippen molar-refractivity contribution in [2.45, 2.75) is 52.3 Å². The third kappa shape index (κ3) is 2.77. The molecule has 2 N–H and O–H groups in total. The van der Waals surface area contributed by atoms with Gasteiger partial charge in [-0.05, 0) is 19.4 Å². The second-order valence-electron chi connectivity index (χ2n) is 6.99. The maximum atomic E-state index is 12.8. The number of benzene rings is 1. The van der Waals surface area contributed by atoms with Crippen LogP contribution in [0.2, 0.25) is 0 Å². The molecule has 4 heteroatoms. The van der Waals surface area contributed by atoms with Crippen molar-refractivity contribution in [2.75, 3.05) is 13.7 Å². The Hall–Kier alpha value is -1.39. The molecule has 2 unspecified atom stereocenters. The number of amides is 1. The Balaban J connectivity index is 2.06. The molecule has 1 aromatic carbocycles. The van der Waals surface area contributed by atoms with Gasteiger partial charge in [0.25, 0.3) is 0 Å². The van der Waals surface area contributed by atoms with Gasteiger partial charge in [-0.1, -0.05) is 43.7 Å². The predicted molar refractivity (Wildman–Crippen MR) is 88.4 cm³/mol. The van der Waals surface area contributed by atoms with Crippen LogP contribution in [0, 0.1) is 12.3 Å². The number of nitrogens with zero attached hydrogens (tertiary/aromatic N) is 1. The van der Waals surface area contributed by atoms with Crippen LogP contribution in [0.3, 0.4) is 0 Å². The SMILES string of the molecule is CCOC1CC(N)(C(=O)N(C)Cc2ccc(C)cc2)C1(C)C. The Bertz CT molecular complexity index is 539. The Morgan fingerprint density at radius 1 is 1.36 bits per heavy atom. The van der Waals surface area contributed by atoms with Crippen LogP contribution in [-0.2, 0) is 16.1 Å². The number of hydrogen-bond donors (Lipinski definition) is 1. The molecule has 2 rings (SSSR count). The van der Waals surface area contributed by atoms with Gasteiger partial charge in [0, 0.05) is 32.0 Å². The molecule has 0 aromatic heterocycles. The van der Waals surface area contributed by atoms with Crippen LogP contribution in [0.4, 0.5) is 0 Å². The highest BCUT2D eigenvalue weighted by atomic mass is 16.5. The number of aryl methyl sites for hydroxylation is 1. The first-order chi connectivity index (χ1) is 10.2. The third-order valence-corrected chi connectivity index (χ3v) is 5.10. The largest absolute Gasteiger partial charge is 0.378 e. The summed E-state index contributed by atoms with van der Waals surface area (Å²) >= 11 is 0. The van der Waals surface area contributed by atoms with Gasteiger partial charge < -0.3 is 15.4 Å². The molecule has 1 amide bonds. The molecule has 1 aliphatic rings. The fourth-order valence-corrected chi connectivity index (χ4v) is 3.18. The Kier molecular flexibility index (Phi) is 4.64. The van der Waals surface area contributed by atoms with Gasteiger partial charge in [-0.25, -0.2) is 0 Å². The van der Waals surface area contributed by atoms with Crippen LogP contribution in [0.1, 0.15) is 38.3 Å². The lowest BCUT2D eigenvalue weighted by atomic mass is 9.54. The van der Waals surface area contributed by atoms with Gasteiger partial charge in [-0.15, -0.1) is 0 Å². The molecule has 0 aliphatic heterocycles. The van der Waals surface area contributed by atoms with E-state index < -0.39 is 5.54 Å². The topological polar surface area (TPSA) is 55.6 Å². The Morgan fingerprint density at radius 2 is 1.95 bits per heavy atom. The van der Waals surface area contributed by atoms with Crippen molar-refractivity contribution in [1.82, 2.24) is 4.90 Å². The van der Waals surface area contributed by atoms with E-state index in [1.807, 2.05) is 27.8 Å². The van der Waals surface area contributed by atoms with E-state index in [4.69, 9.17) is 10.5 Å². The minimum Gasteiger partial charge on any atom is -0.378 e. The number of likely N-dealkylation sites (N-methyl/N-ethyl adjacent to an activating group) is 1. The summed E-state index contributed by atoms with van der Waals surface area (Å²) in [5, 5.41) is 0. The molecule has 0 saturated heterocycles. The number of hydrogen-bond acceptors (Lipinski definition) is 3. The van der Waals surface area contributed by atoms with Crippen molar-refractivity contribution >= 4 is 5.91 Å². The van der Waals surface area contributed by atoms with Crippen LogP contribution < -0.4 is 5.73 Å². The number of carbonyl (C=O) groups excluding carboxylic acids is 1.